The fourth-order valence-corrected chi connectivity index (χ4v) is 2.33. The molecule has 0 aromatic carbocycles. The van der Waals surface area contributed by atoms with E-state index in [2.05, 4.69) is 5.32 Å². The molecule has 2 rings (SSSR count). The molecule has 2 unspecified atom stereocenters. The molecule has 18 heavy (non-hydrogen) atoms. The van der Waals surface area contributed by atoms with E-state index >= 15 is 0 Å². The summed E-state index contributed by atoms with van der Waals surface area (Å²) in [6.45, 7) is 1.39. The monoisotopic (exact) mass is 256 g/mol. The molecule has 0 radical (unpaired) electrons. The summed E-state index contributed by atoms with van der Waals surface area (Å²) in [7, 11) is 0. The molecule has 2 aliphatic rings. The zero-order valence-corrected chi connectivity index (χ0v) is 9.92. The lowest BCUT2D eigenvalue weighted by atomic mass is 10.0. The second-order valence-electron chi connectivity index (χ2n) is 4.56. The average Bonchev–Trinajstić information content (AvgIpc) is 2.75. The molecule has 2 heterocycles. The molecular weight excluding hydrogens is 240 g/mol. The average molecular weight is 256 g/mol. The summed E-state index contributed by atoms with van der Waals surface area (Å²) in [6, 6.07) is -0.431. The van der Waals surface area contributed by atoms with Crippen molar-refractivity contribution in [1.82, 2.24) is 10.2 Å². The van der Waals surface area contributed by atoms with Crippen molar-refractivity contribution in [3.63, 3.8) is 0 Å². The quantitative estimate of drug-likeness (QED) is 0.663. The van der Waals surface area contributed by atoms with E-state index in [0.29, 0.717) is 19.7 Å². The number of nitrogens with zero attached hydrogens (tertiary/aromatic N) is 1. The number of carbonyl (C=O) groups is 3. The van der Waals surface area contributed by atoms with Crippen LogP contribution < -0.4 is 5.32 Å². The maximum Gasteiger partial charge on any atom is 0.305 e. The van der Waals surface area contributed by atoms with Crippen molar-refractivity contribution in [3.8, 4) is 0 Å². The fraction of sp³-hybridized carbons (Fsp3) is 0.727. The van der Waals surface area contributed by atoms with Crippen molar-refractivity contribution in [3.05, 3.63) is 0 Å². The minimum atomic E-state index is -0.955. The maximum absolute atomic E-state index is 12.2. The summed E-state index contributed by atoms with van der Waals surface area (Å²) in [5, 5.41) is 11.4. The number of morpholine rings is 1. The summed E-state index contributed by atoms with van der Waals surface area (Å²) < 4.78 is 5.21. The molecule has 7 nitrogen and oxygen atoms in total. The van der Waals surface area contributed by atoms with Crippen molar-refractivity contribution in [2.45, 2.75) is 18.9 Å². The van der Waals surface area contributed by atoms with Crippen LogP contribution in [0.2, 0.25) is 0 Å². The number of amides is 2. The molecule has 2 saturated heterocycles. The molecular formula is C11H16N2O5. The molecule has 2 aliphatic heterocycles. The van der Waals surface area contributed by atoms with E-state index in [-0.39, 0.29) is 37.2 Å². The summed E-state index contributed by atoms with van der Waals surface area (Å²) in [5.74, 6) is -1.60. The number of nitrogens with one attached hydrogen (secondary N) is 1. The zero-order valence-electron chi connectivity index (χ0n) is 9.92. The molecule has 0 saturated carbocycles. The Hall–Kier alpha value is -1.63. The van der Waals surface area contributed by atoms with Gasteiger partial charge in [0, 0.05) is 19.5 Å². The normalized spacial score (nSPS) is 28.0. The summed E-state index contributed by atoms with van der Waals surface area (Å²) >= 11 is 0. The lowest BCUT2D eigenvalue weighted by Gasteiger charge is -2.36. The van der Waals surface area contributed by atoms with Crippen LogP contribution in [0.1, 0.15) is 12.8 Å². The zero-order chi connectivity index (χ0) is 13.1. The Labute approximate surface area is 104 Å². The van der Waals surface area contributed by atoms with E-state index in [9.17, 15) is 14.4 Å². The smallest absolute Gasteiger partial charge is 0.305 e. The lowest BCUT2D eigenvalue weighted by Crippen LogP contribution is -2.51. The topological polar surface area (TPSA) is 95.9 Å². The first-order chi connectivity index (χ1) is 8.58. The second-order valence-corrected chi connectivity index (χ2v) is 4.56. The summed E-state index contributed by atoms with van der Waals surface area (Å²) in [5.41, 5.74) is 0. The standard InChI is InChI=1S/C11H16N2O5/c14-9-3-7(5-12-9)11(17)13-1-2-18-6-8(13)4-10(15)16/h7-8H,1-6H2,(H,12,14)(H,15,16). The highest BCUT2D eigenvalue weighted by Crippen LogP contribution is 2.18. The number of aliphatic carboxylic acids is 1. The third-order valence-corrected chi connectivity index (χ3v) is 3.25. The third kappa shape index (κ3) is 2.79. The predicted molar refractivity (Wildman–Crippen MR) is 59.7 cm³/mol. The molecule has 2 N–H and O–H groups in total. The van der Waals surface area contributed by atoms with Gasteiger partial charge in [-0.05, 0) is 0 Å². The number of carboxylic acid groups (broad SMARTS) is 1. The Morgan fingerprint density at radius 2 is 2.28 bits per heavy atom. The molecule has 0 aromatic rings. The van der Waals surface area contributed by atoms with Gasteiger partial charge in [-0.15, -0.1) is 0 Å². The molecule has 2 amide bonds. The van der Waals surface area contributed by atoms with Gasteiger partial charge in [-0.25, -0.2) is 0 Å². The van der Waals surface area contributed by atoms with Crippen LogP contribution in [0.25, 0.3) is 0 Å². The van der Waals surface area contributed by atoms with E-state index in [1.807, 2.05) is 0 Å². The van der Waals surface area contributed by atoms with Gasteiger partial charge in [-0.3, -0.25) is 14.4 Å². The van der Waals surface area contributed by atoms with Crippen molar-refractivity contribution >= 4 is 17.8 Å². The highest BCUT2D eigenvalue weighted by Gasteiger charge is 2.36. The number of hydrogen-bond acceptors (Lipinski definition) is 4. The number of carbonyl (C=O) groups excluding carboxylic acids is 2. The van der Waals surface area contributed by atoms with Crippen molar-refractivity contribution < 1.29 is 24.2 Å². The fourth-order valence-electron chi connectivity index (χ4n) is 2.33. The van der Waals surface area contributed by atoms with E-state index in [1.165, 1.54) is 0 Å². The van der Waals surface area contributed by atoms with Gasteiger partial charge in [0.1, 0.15) is 0 Å². The Morgan fingerprint density at radius 3 is 2.89 bits per heavy atom. The molecule has 0 spiro atoms. The van der Waals surface area contributed by atoms with Gasteiger partial charge in [-0.1, -0.05) is 0 Å². The molecule has 7 heteroatoms. The van der Waals surface area contributed by atoms with Gasteiger partial charge < -0.3 is 20.1 Å². The van der Waals surface area contributed by atoms with Gasteiger partial charge >= 0.3 is 5.97 Å². The van der Waals surface area contributed by atoms with Crippen LogP contribution in [-0.4, -0.2) is 60.1 Å². The number of ether oxygens (including phenoxy) is 1. The summed E-state index contributed by atoms with van der Waals surface area (Å²) in [4.78, 5) is 35.6. The van der Waals surface area contributed by atoms with Crippen LogP contribution >= 0.6 is 0 Å². The second kappa shape index (κ2) is 5.34. The largest absolute Gasteiger partial charge is 0.481 e. The van der Waals surface area contributed by atoms with E-state index in [4.69, 9.17) is 9.84 Å². The van der Waals surface area contributed by atoms with E-state index in [0.717, 1.165) is 0 Å². The number of carboxylic acids is 1. The predicted octanol–water partition coefficient (Wildman–Crippen LogP) is -1.18. The van der Waals surface area contributed by atoms with Crippen molar-refractivity contribution in [1.29, 1.82) is 0 Å². The third-order valence-electron chi connectivity index (χ3n) is 3.25. The first-order valence-corrected chi connectivity index (χ1v) is 5.94. The molecule has 2 fully saturated rings. The van der Waals surface area contributed by atoms with Crippen molar-refractivity contribution in [2.24, 2.45) is 5.92 Å². The van der Waals surface area contributed by atoms with Crippen molar-refractivity contribution in [2.75, 3.05) is 26.3 Å². The van der Waals surface area contributed by atoms with Crippen LogP contribution in [0.4, 0.5) is 0 Å². The van der Waals surface area contributed by atoms with Gasteiger partial charge in [0.15, 0.2) is 0 Å². The van der Waals surface area contributed by atoms with Gasteiger partial charge in [0.25, 0.3) is 0 Å². The Bertz CT molecular complexity index is 370. The van der Waals surface area contributed by atoms with Crippen LogP contribution in [0.15, 0.2) is 0 Å². The molecule has 2 atom stereocenters. The highest BCUT2D eigenvalue weighted by molar-refractivity contribution is 5.89. The van der Waals surface area contributed by atoms with Crippen LogP contribution in [-0.2, 0) is 19.1 Å². The SMILES string of the molecule is O=C(O)CC1COCCN1C(=O)C1CNC(=O)C1. The minimum Gasteiger partial charge on any atom is -0.481 e. The molecule has 0 aromatic heterocycles. The Kier molecular flexibility index (Phi) is 3.81. The van der Waals surface area contributed by atoms with E-state index in [1.54, 1.807) is 4.90 Å². The van der Waals surface area contributed by atoms with Gasteiger partial charge in [0.2, 0.25) is 11.8 Å². The Balaban J connectivity index is 2.01. The first-order valence-electron chi connectivity index (χ1n) is 5.94. The molecule has 0 bridgehead atoms. The maximum atomic E-state index is 12.2. The minimum absolute atomic E-state index is 0.125. The van der Waals surface area contributed by atoms with Gasteiger partial charge in [0.05, 0.1) is 31.6 Å². The van der Waals surface area contributed by atoms with Crippen LogP contribution in [0, 0.1) is 5.92 Å². The first kappa shape index (κ1) is 12.8. The van der Waals surface area contributed by atoms with Gasteiger partial charge in [-0.2, -0.15) is 0 Å². The van der Waals surface area contributed by atoms with Crippen LogP contribution in [0.3, 0.4) is 0 Å². The lowest BCUT2D eigenvalue weighted by molar-refractivity contribution is -0.149. The highest BCUT2D eigenvalue weighted by atomic mass is 16.5. The van der Waals surface area contributed by atoms with Crippen LogP contribution in [0.5, 0.6) is 0 Å². The Morgan fingerprint density at radius 1 is 1.50 bits per heavy atom. The molecule has 100 valence electrons. The molecule has 0 aliphatic carbocycles. The number of hydrogen-bond donors (Lipinski definition) is 2. The number of rotatable bonds is 3. The van der Waals surface area contributed by atoms with E-state index < -0.39 is 12.0 Å². The summed E-state index contributed by atoms with van der Waals surface area (Å²) in [6.07, 6.45) is 0.0653.